The number of nitrogens with zero attached hydrogens (tertiary/aromatic N) is 5. The average molecular weight is 479 g/mol. The van der Waals surface area contributed by atoms with Gasteiger partial charge in [0, 0.05) is 23.4 Å². The van der Waals surface area contributed by atoms with Crippen LogP contribution in [0.5, 0.6) is 0 Å². The van der Waals surface area contributed by atoms with Crippen LogP contribution < -0.4 is 16.0 Å². The summed E-state index contributed by atoms with van der Waals surface area (Å²) in [7, 11) is 0. The summed E-state index contributed by atoms with van der Waals surface area (Å²) in [6, 6.07) is 0.0891. The molecule has 0 aromatic carbocycles. The zero-order valence-electron chi connectivity index (χ0n) is 18.7. The summed E-state index contributed by atoms with van der Waals surface area (Å²) >= 11 is 1.55. The second-order valence-electron chi connectivity index (χ2n) is 9.34. The smallest absolute Gasteiger partial charge is 0.254 e. The van der Waals surface area contributed by atoms with Crippen molar-refractivity contribution in [3.63, 3.8) is 0 Å². The van der Waals surface area contributed by atoms with Gasteiger partial charge in [0.25, 0.3) is 5.91 Å². The number of amides is 2. The van der Waals surface area contributed by atoms with Crippen LogP contribution in [0.25, 0.3) is 0 Å². The highest BCUT2D eigenvalue weighted by Crippen LogP contribution is 2.42. The van der Waals surface area contributed by atoms with E-state index in [-0.39, 0.29) is 23.8 Å². The first-order valence-corrected chi connectivity index (χ1v) is 12.6. The van der Waals surface area contributed by atoms with E-state index in [4.69, 9.17) is 0 Å². The van der Waals surface area contributed by atoms with Gasteiger partial charge >= 0.3 is 0 Å². The molecular formula is C23H26N8O2S. The Balaban J connectivity index is 1.27. The first-order valence-electron chi connectivity index (χ1n) is 11.8. The number of hydrogen-bond acceptors (Lipinski definition) is 8. The first kappa shape index (κ1) is 21.2. The molecule has 176 valence electrons. The van der Waals surface area contributed by atoms with Crippen LogP contribution in [-0.4, -0.2) is 43.1 Å². The van der Waals surface area contributed by atoms with E-state index in [1.807, 2.05) is 4.57 Å². The van der Waals surface area contributed by atoms with Crippen molar-refractivity contribution < 1.29 is 9.59 Å². The second-order valence-corrected chi connectivity index (χ2v) is 10.4. The average Bonchev–Trinajstić information content (AvgIpc) is 3.77. The predicted octanol–water partition coefficient (Wildman–Crippen LogP) is 3.09. The van der Waals surface area contributed by atoms with Crippen LogP contribution in [0.15, 0.2) is 25.0 Å². The number of hydrogen-bond donors (Lipinski definition) is 3. The molecule has 2 amide bonds. The van der Waals surface area contributed by atoms with Gasteiger partial charge in [-0.1, -0.05) is 0 Å². The Morgan fingerprint density at radius 1 is 1.12 bits per heavy atom. The molecule has 2 saturated carbocycles. The molecule has 2 fully saturated rings. The van der Waals surface area contributed by atoms with Gasteiger partial charge < -0.3 is 16.0 Å². The van der Waals surface area contributed by atoms with E-state index < -0.39 is 0 Å². The molecule has 0 unspecified atom stereocenters. The third kappa shape index (κ3) is 4.39. The SMILES string of the molecule is O=C(NCC1CC1)c1c(NC(=O)C2CC2)sc2c1C[C@@H](n1cnnc1Nc1cncnc1)CC2. The molecule has 3 heterocycles. The molecule has 3 aliphatic rings. The standard InChI is InChI=1S/C23H26N8O2S/c32-20(14-3-4-14)29-22-19(21(33)26-8-13-1-2-13)17-7-16(5-6-18(17)34-22)31-12-27-30-23(31)28-15-9-24-11-25-10-15/h9-14,16H,1-8H2,(H,26,33)(H,28,30)(H,29,32)/t16-/m0/s1. The van der Waals surface area contributed by atoms with Crippen LogP contribution in [0, 0.1) is 11.8 Å². The zero-order chi connectivity index (χ0) is 23.1. The Labute approximate surface area is 200 Å². The van der Waals surface area contributed by atoms with Crippen molar-refractivity contribution in [1.82, 2.24) is 30.0 Å². The Morgan fingerprint density at radius 2 is 1.94 bits per heavy atom. The summed E-state index contributed by atoms with van der Waals surface area (Å²) in [5.74, 6) is 1.23. The van der Waals surface area contributed by atoms with Crippen LogP contribution >= 0.6 is 11.3 Å². The molecular weight excluding hydrogens is 452 g/mol. The summed E-state index contributed by atoms with van der Waals surface area (Å²) in [5.41, 5.74) is 2.40. The van der Waals surface area contributed by atoms with Gasteiger partial charge in [-0.3, -0.25) is 14.2 Å². The highest BCUT2D eigenvalue weighted by Gasteiger charge is 2.35. The van der Waals surface area contributed by atoms with E-state index >= 15 is 0 Å². The maximum absolute atomic E-state index is 13.3. The van der Waals surface area contributed by atoms with Crippen molar-refractivity contribution in [3.05, 3.63) is 41.1 Å². The van der Waals surface area contributed by atoms with E-state index in [1.54, 1.807) is 30.1 Å². The second kappa shape index (κ2) is 8.79. The molecule has 3 aliphatic carbocycles. The molecule has 0 saturated heterocycles. The minimum Gasteiger partial charge on any atom is -0.352 e. The van der Waals surface area contributed by atoms with Crippen LogP contribution in [0.4, 0.5) is 16.6 Å². The van der Waals surface area contributed by atoms with E-state index in [0.717, 1.165) is 36.9 Å². The van der Waals surface area contributed by atoms with Crippen LogP contribution in [-0.2, 0) is 17.6 Å². The lowest BCUT2D eigenvalue weighted by Crippen LogP contribution is -2.28. The summed E-state index contributed by atoms with van der Waals surface area (Å²) in [4.78, 5) is 35.1. The minimum atomic E-state index is -0.0836. The molecule has 3 aromatic rings. The number of carbonyl (C=O) groups excluding carboxylic acids is 2. The van der Waals surface area contributed by atoms with Crippen molar-refractivity contribution in [2.24, 2.45) is 11.8 Å². The van der Waals surface area contributed by atoms with Gasteiger partial charge in [-0.15, -0.1) is 21.5 Å². The third-order valence-corrected chi connectivity index (χ3v) is 7.89. The fourth-order valence-corrected chi connectivity index (χ4v) is 5.67. The molecule has 0 bridgehead atoms. The lowest BCUT2D eigenvalue weighted by Gasteiger charge is -2.25. The maximum atomic E-state index is 13.3. The molecule has 3 N–H and O–H groups in total. The number of rotatable bonds is 8. The van der Waals surface area contributed by atoms with E-state index in [1.165, 1.54) is 24.0 Å². The molecule has 10 nitrogen and oxygen atoms in total. The van der Waals surface area contributed by atoms with Gasteiger partial charge in [-0.25, -0.2) is 9.97 Å². The van der Waals surface area contributed by atoms with Crippen molar-refractivity contribution in [2.45, 2.75) is 51.0 Å². The monoisotopic (exact) mass is 478 g/mol. The minimum absolute atomic E-state index is 0.0294. The van der Waals surface area contributed by atoms with Crippen molar-refractivity contribution >= 4 is 39.8 Å². The largest absolute Gasteiger partial charge is 0.352 e. The Bertz CT molecular complexity index is 1220. The van der Waals surface area contributed by atoms with E-state index in [9.17, 15) is 9.59 Å². The molecule has 0 radical (unpaired) electrons. The lowest BCUT2D eigenvalue weighted by molar-refractivity contribution is -0.117. The Morgan fingerprint density at radius 3 is 2.71 bits per heavy atom. The molecule has 3 aromatic heterocycles. The fraction of sp³-hybridized carbons (Fsp3) is 0.478. The van der Waals surface area contributed by atoms with Crippen molar-refractivity contribution in [1.29, 1.82) is 0 Å². The number of aromatic nitrogens is 5. The van der Waals surface area contributed by atoms with Crippen LogP contribution in [0.3, 0.4) is 0 Å². The van der Waals surface area contributed by atoms with Gasteiger partial charge in [-0.2, -0.15) is 0 Å². The summed E-state index contributed by atoms with van der Waals surface area (Å²) in [5, 5.41) is 18.5. The van der Waals surface area contributed by atoms with Gasteiger partial charge in [-0.05, 0) is 56.4 Å². The van der Waals surface area contributed by atoms with Gasteiger partial charge in [0.2, 0.25) is 11.9 Å². The van der Waals surface area contributed by atoms with E-state index in [0.29, 0.717) is 35.4 Å². The van der Waals surface area contributed by atoms with Gasteiger partial charge in [0.15, 0.2) is 0 Å². The lowest BCUT2D eigenvalue weighted by atomic mass is 9.91. The molecule has 0 spiro atoms. The van der Waals surface area contributed by atoms with Gasteiger partial charge in [0.1, 0.15) is 17.7 Å². The first-order chi connectivity index (χ1) is 16.7. The Hall–Kier alpha value is -3.34. The fourth-order valence-electron chi connectivity index (χ4n) is 4.43. The summed E-state index contributed by atoms with van der Waals surface area (Å²) in [6.45, 7) is 0.696. The molecule has 11 heteroatoms. The van der Waals surface area contributed by atoms with Crippen LogP contribution in [0.1, 0.15) is 58.9 Å². The topological polar surface area (TPSA) is 127 Å². The summed E-state index contributed by atoms with van der Waals surface area (Å²) < 4.78 is 2.02. The zero-order valence-corrected chi connectivity index (χ0v) is 19.5. The summed E-state index contributed by atoms with van der Waals surface area (Å²) in [6.07, 6.45) is 13.2. The highest BCUT2D eigenvalue weighted by molar-refractivity contribution is 7.17. The molecule has 6 rings (SSSR count). The van der Waals surface area contributed by atoms with Crippen molar-refractivity contribution in [2.75, 3.05) is 17.2 Å². The normalized spacial score (nSPS) is 19.4. The number of nitrogens with one attached hydrogen (secondary N) is 3. The highest BCUT2D eigenvalue weighted by atomic mass is 32.1. The number of thiophene rings is 1. The number of fused-ring (bicyclic) bond motifs is 1. The quantitative estimate of drug-likeness (QED) is 0.454. The molecule has 34 heavy (non-hydrogen) atoms. The maximum Gasteiger partial charge on any atom is 0.254 e. The molecule has 0 aliphatic heterocycles. The number of aryl methyl sites for hydroxylation is 1. The van der Waals surface area contributed by atoms with E-state index in [2.05, 4.69) is 36.1 Å². The van der Waals surface area contributed by atoms with Gasteiger partial charge in [0.05, 0.1) is 23.6 Å². The predicted molar refractivity (Wildman–Crippen MR) is 127 cm³/mol. The number of anilines is 3. The van der Waals surface area contributed by atoms with Crippen molar-refractivity contribution in [3.8, 4) is 0 Å². The van der Waals surface area contributed by atoms with Crippen LogP contribution in [0.2, 0.25) is 0 Å². The molecule has 1 atom stereocenters. The third-order valence-electron chi connectivity index (χ3n) is 6.68. The Kier molecular flexibility index (Phi) is 5.48. The number of carbonyl (C=O) groups is 2.